The van der Waals surface area contributed by atoms with Crippen molar-refractivity contribution in [2.75, 3.05) is 11.9 Å². The average Bonchev–Trinajstić information content (AvgIpc) is 3.28. The van der Waals surface area contributed by atoms with Crippen molar-refractivity contribution in [1.29, 1.82) is 0 Å². The highest BCUT2D eigenvalue weighted by Gasteiger charge is 2.22. The van der Waals surface area contributed by atoms with Crippen LogP contribution >= 0.6 is 0 Å². The van der Waals surface area contributed by atoms with Crippen molar-refractivity contribution >= 4 is 28.2 Å². The number of nitro groups is 1. The highest BCUT2D eigenvalue weighted by Crippen LogP contribution is 2.23. The summed E-state index contributed by atoms with van der Waals surface area (Å²) < 4.78 is 7.86. The second kappa shape index (κ2) is 8.52. The van der Waals surface area contributed by atoms with E-state index in [2.05, 4.69) is 5.32 Å². The van der Waals surface area contributed by atoms with Gasteiger partial charge < -0.3 is 10.1 Å². The summed E-state index contributed by atoms with van der Waals surface area (Å²) in [7, 11) is 0. The number of anilines is 1. The van der Waals surface area contributed by atoms with Gasteiger partial charge in [-0.2, -0.15) is 0 Å². The smallest absolute Gasteiger partial charge is 0.332 e. The van der Waals surface area contributed by atoms with Crippen molar-refractivity contribution < 1.29 is 14.5 Å². The van der Waals surface area contributed by atoms with Gasteiger partial charge in [-0.25, -0.2) is 4.79 Å². The molecule has 0 saturated carbocycles. The van der Waals surface area contributed by atoms with Crippen LogP contribution in [-0.4, -0.2) is 32.7 Å². The monoisotopic (exact) mass is 424 g/mol. The van der Waals surface area contributed by atoms with Crippen molar-refractivity contribution in [1.82, 2.24) is 9.13 Å². The molecule has 1 aromatic heterocycles. The lowest BCUT2D eigenvalue weighted by molar-refractivity contribution is -0.383. The molecule has 1 unspecified atom stereocenters. The van der Waals surface area contributed by atoms with Crippen molar-refractivity contribution in [3.63, 3.8) is 0 Å². The van der Waals surface area contributed by atoms with Crippen LogP contribution in [0, 0.1) is 10.1 Å². The molecule has 31 heavy (non-hydrogen) atoms. The predicted octanol–water partition coefficient (Wildman–Crippen LogP) is 1.89. The summed E-state index contributed by atoms with van der Waals surface area (Å²) in [5, 5.41) is 14.0. The number of benzene rings is 2. The number of carbonyl (C=O) groups is 1. The van der Waals surface area contributed by atoms with Crippen molar-refractivity contribution in [2.45, 2.75) is 32.0 Å². The van der Waals surface area contributed by atoms with Crippen LogP contribution in [-0.2, 0) is 22.6 Å². The van der Waals surface area contributed by atoms with Gasteiger partial charge >= 0.3 is 5.69 Å². The first-order chi connectivity index (χ1) is 15.0. The molecule has 10 nitrogen and oxygen atoms in total. The lowest BCUT2D eigenvalue weighted by Crippen LogP contribution is -2.43. The van der Waals surface area contributed by atoms with E-state index in [1.54, 1.807) is 30.3 Å². The number of para-hydroxylation sites is 3. The van der Waals surface area contributed by atoms with Crippen LogP contribution in [0.15, 0.2) is 58.1 Å². The molecule has 4 rings (SSSR count). The summed E-state index contributed by atoms with van der Waals surface area (Å²) in [5.41, 5.74) is -0.971. The van der Waals surface area contributed by atoms with Gasteiger partial charge in [0.15, 0.2) is 0 Å². The molecule has 10 heteroatoms. The van der Waals surface area contributed by atoms with Crippen LogP contribution in [0.3, 0.4) is 0 Å². The molecule has 160 valence electrons. The summed E-state index contributed by atoms with van der Waals surface area (Å²) in [6.45, 7) is 0.283. The van der Waals surface area contributed by atoms with Crippen LogP contribution in [0.1, 0.15) is 12.8 Å². The Labute approximate surface area is 175 Å². The number of nitrogens with one attached hydrogen (secondary N) is 1. The second-order valence-electron chi connectivity index (χ2n) is 7.26. The molecule has 3 aromatic rings. The Hall–Kier alpha value is -3.79. The van der Waals surface area contributed by atoms with Gasteiger partial charge in [0, 0.05) is 12.7 Å². The fourth-order valence-corrected chi connectivity index (χ4v) is 3.75. The zero-order valence-electron chi connectivity index (χ0n) is 16.5. The van der Waals surface area contributed by atoms with Gasteiger partial charge in [0.1, 0.15) is 12.2 Å². The normalized spacial score (nSPS) is 15.8. The van der Waals surface area contributed by atoms with Gasteiger partial charge in [-0.3, -0.25) is 28.8 Å². The number of carbonyl (C=O) groups excluding carboxylic acids is 1. The van der Waals surface area contributed by atoms with Crippen molar-refractivity contribution in [2.24, 2.45) is 0 Å². The molecule has 0 spiro atoms. The lowest BCUT2D eigenvalue weighted by Gasteiger charge is -2.16. The van der Waals surface area contributed by atoms with Crippen LogP contribution in [0.5, 0.6) is 0 Å². The number of rotatable bonds is 6. The standard InChI is InChI=1S/C21H20N4O6/c26-19(22-16-8-2-4-10-18(16)25(29)30)13-23-17-9-3-1-7-15(17)20(27)24(21(23)28)12-14-6-5-11-31-14/h1-4,7-10,14H,5-6,11-13H2,(H,22,26). The number of hydrogen-bond donors (Lipinski definition) is 1. The van der Waals surface area contributed by atoms with Gasteiger partial charge in [-0.1, -0.05) is 24.3 Å². The first-order valence-electron chi connectivity index (χ1n) is 9.83. The zero-order valence-corrected chi connectivity index (χ0v) is 16.5. The number of amides is 1. The maximum Gasteiger partial charge on any atom is 0.332 e. The molecule has 1 N–H and O–H groups in total. The minimum Gasteiger partial charge on any atom is -0.376 e. The number of aromatic nitrogens is 2. The van der Waals surface area contributed by atoms with Crippen LogP contribution in [0.25, 0.3) is 10.9 Å². The Morgan fingerprint density at radius 1 is 1.13 bits per heavy atom. The number of nitrogens with zero attached hydrogens (tertiary/aromatic N) is 3. The molecule has 0 radical (unpaired) electrons. The zero-order chi connectivity index (χ0) is 22.0. The summed E-state index contributed by atoms with van der Waals surface area (Å²) in [6, 6.07) is 12.3. The highest BCUT2D eigenvalue weighted by atomic mass is 16.6. The Kier molecular flexibility index (Phi) is 5.63. The molecule has 1 saturated heterocycles. The Bertz CT molecular complexity index is 1270. The predicted molar refractivity (Wildman–Crippen MR) is 113 cm³/mol. The number of fused-ring (bicyclic) bond motifs is 1. The minimum atomic E-state index is -0.628. The Balaban J connectivity index is 1.71. The SMILES string of the molecule is O=C(Cn1c(=O)n(CC2CCCO2)c(=O)c2ccccc21)Nc1ccccc1[N+](=O)[O-]. The minimum absolute atomic E-state index is 0.0301. The molecule has 1 fully saturated rings. The Morgan fingerprint density at radius 2 is 1.87 bits per heavy atom. The molecule has 2 aromatic carbocycles. The van der Waals surface area contributed by atoms with E-state index in [9.17, 15) is 24.5 Å². The topological polar surface area (TPSA) is 125 Å². The summed E-state index contributed by atoms with van der Waals surface area (Å²) in [6.07, 6.45) is 1.37. The molecule has 1 atom stereocenters. The third-order valence-electron chi connectivity index (χ3n) is 5.22. The van der Waals surface area contributed by atoms with E-state index in [1.807, 2.05) is 0 Å². The van der Waals surface area contributed by atoms with E-state index >= 15 is 0 Å². The largest absolute Gasteiger partial charge is 0.376 e. The van der Waals surface area contributed by atoms with E-state index in [1.165, 1.54) is 22.8 Å². The Morgan fingerprint density at radius 3 is 2.61 bits per heavy atom. The number of ether oxygens (including phenoxy) is 1. The summed E-state index contributed by atoms with van der Waals surface area (Å²) in [5.74, 6) is -0.621. The molecule has 1 amide bonds. The maximum absolute atomic E-state index is 13.1. The van der Waals surface area contributed by atoms with Crippen molar-refractivity contribution in [3.8, 4) is 0 Å². The molecular formula is C21H20N4O6. The van der Waals surface area contributed by atoms with Crippen LogP contribution < -0.4 is 16.6 Å². The fraction of sp³-hybridized carbons (Fsp3) is 0.286. The highest BCUT2D eigenvalue weighted by molar-refractivity contribution is 5.93. The van der Waals surface area contributed by atoms with E-state index in [4.69, 9.17) is 4.74 Å². The molecular weight excluding hydrogens is 404 g/mol. The summed E-state index contributed by atoms with van der Waals surface area (Å²) in [4.78, 5) is 49.3. The van der Waals surface area contributed by atoms with E-state index < -0.39 is 28.6 Å². The van der Waals surface area contributed by atoms with Crippen molar-refractivity contribution in [3.05, 3.63) is 79.5 Å². The summed E-state index contributed by atoms with van der Waals surface area (Å²) >= 11 is 0. The van der Waals surface area contributed by atoms with Crippen LogP contribution in [0.2, 0.25) is 0 Å². The first-order valence-corrected chi connectivity index (χ1v) is 9.83. The third-order valence-corrected chi connectivity index (χ3v) is 5.22. The van der Waals surface area contributed by atoms with Crippen LogP contribution in [0.4, 0.5) is 11.4 Å². The van der Waals surface area contributed by atoms with E-state index in [-0.39, 0.29) is 24.0 Å². The molecule has 0 aliphatic carbocycles. The molecule has 1 aliphatic rings. The van der Waals surface area contributed by atoms with Gasteiger partial charge in [-0.15, -0.1) is 0 Å². The quantitative estimate of drug-likeness (QED) is 0.476. The van der Waals surface area contributed by atoms with Gasteiger partial charge in [0.25, 0.3) is 11.2 Å². The molecule has 0 bridgehead atoms. The van der Waals surface area contributed by atoms with E-state index in [0.29, 0.717) is 17.5 Å². The lowest BCUT2D eigenvalue weighted by atomic mass is 10.2. The average molecular weight is 424 g/mol. The van der Waals surface area contributed by atoms with Gasteiger partial charge in [0.2, 0.25) is 5.91 Å². The second-order valence-corrected chi connectivity index (χ2v) is 7.26. The molecule has 1 aliphatic heterocycles. The van der Waals surface area contributed by atoms with Gasteiger partial charge in [-0.05, 0) is 31.0 Å². The maximum atomic E-state index is 13.1. The van der Waals surface area contributed by atoms with Gasteiger partial charge in [0.05, 0.1) is 28.5 Å². The fourth-order valence-electron chi connectivity index (χ4n) is 3.75. The third kappa shape index (κ3) is 4.10. The van der Waals surface area contributed by atoms with E-state index in [0.717, 1.165) is 17.4 Å². The number of nitro benzene ring substituents is 1. The molecule has 2 heterocycles. The number of hydrogen-bond acceptors (Lipinski definition) is 6. The first kappa shape index (κ1) is 20.5.